The third-order valence-corrected chi connectivity index (χ3v) is 3.33. The minimum Gasteiger partial charge on any atom is -0.354 e. The molecule has 0 saturated heterocycles. The smallest absolute Gasteiger partial charge is 0.224 e. The Morgan fingerprint density at radius 3 is 2.90 bits per heavy atom. The van der Waals surface area contributed by atoms with Crippen molar-refractivity contribution >= 4 is 45.0 Å². The Hall–Kier alpha value is -1.40. The molecule has 7 heteroatoms. The third-order valence-electron chi connectivity index (χ3n) is 2.46. The van der Waals surface area contributed by atoms with Crippen molar-refractivity contribution in [1.82, 2.24) is 9.97 Å². The number of nitrogens with one attached hydrogen (secondary N) is 2. The Bertz CT molecular complexity index is 609. The highest BCUT2D eigenvalue weighted by atomic mass is 79.9. The van der Waals surface area contributed by atoms with Gasteiger partial charge >= 0.3 is 0 Å². The molecule has 0 spiro atoms. The summed E-state index contributed by atoms with van der Waals surface area (Å²) in [6, 6.07) is 4.40. The van der Waals surface area contributed by atoms with E-state index in [4.69, 9.17) is 11.6 Å². The number of hydrogen-bond donors (Lipinski definition) is 2. The van der Waals surface area contributed by atoms with E-state index in [1.165, 1.54) is 12.1 Å². The van der Waals surface area contributed by atoms with Crippen LogP contribution in [0.5, 0.6) is 0 Å². The summed E-state index contributed by atoms with van der Waals surface area (Å²) in [6.45, 7) is 2.86. The highest BCUT2D eigenvalue weighted by molar-refractivity contribution is 9.10. The Kier molecular flexibility index (Phi) is 5.14. The molecular formula is C13H13BrClFN4. The summed E-state index contributed by atoms with van der Waals surface area (Å²) in [6.07, 6.45) is 2.63. The number of nitrogens with zero attached hydrogens (tertiary/aromatic N) is 2. The summed E-state index contributed by atoms with van der Waals surface area (Å²) >= 11 is 9.11. The average molecular weight is 360 g/mol. The quantitative estimate of drug-likeness (QED) is 0.819. The van der Waals surface area contributed by atoms with Crippen molar-refractivity contribution in [1.29, 1.82) is 0 Å². The fourth-order valence-electron chi connectivity index (χ4n) is 1.49. The van der Waals surface area contributed by atoms with Crippen molar-refractivity contribution < 1.29 is 4.39 Å². The molecule has 4 nitrogen and oxygen atoms in total. The van der Waals surface area contributed by atoms with Crippen LogP contribution in [0.3, 0.4) is 0 Å². The van der Waals surface area contributed by atoms with Crippen molar-refractivity contribution in [3.05, 3.63) is 39.7 Å². The van der Waals surface area contributed by atoms with Crippen LogP contribution in [0, 0.1) is 5.82 Å². The topological polar surface area (TPSA) is 49.8 Å². The lowest BCUT2D eigenvalue weighted by Crippen LogP contribution is -2.06. The van der Waals surface area contributed by atoms with Gasteiger partial charge in [0, 0.05) is 18.4 Å². The van der Waals surface area contributed by atoms with E-state index in [2.05, 4.69) is 43.5 Å². The van der Waals surface area contributed by atoms with Crippen LogP contribution in [-0.4, -0.2) is 16.5 Å². The van der Waals surface area contributed by atoms with E-state index < -0.39 is 5.82 Å². The summed E-state index contributed by atoms with van der Waals surface area (Å²) in [5, 5.41) is 6.23. The van der Waals surface area contributed by atoms with Gasteiger partial charge in [-0.05, 0) is 40.5 Å². The van der Waals surface area contributed by atoms with E-state index in [9.17, 15) is 4.39 Å². The normalized spacial score (nSPS) is 10.4. The van der Waals surface area contributed by atoms with Crippen molar-refractivity contribution in [2.45, 2.75) is 13.3 Å². The molecule has 1 aromatic carbocycles. The second-order valence-corrected chi connectivity index (χ2v) is 5.33. The van der Waals surface area contributed by atoms with E-state index in [0.29, 0.717) is 21.9 Å². The van der Waals surface area contributed by atoms with E-state index in [1.54, 1.807) is 12.3 Å². The fourth-order valence-corrected chi connectivity index (χ4v) is 1.96. The first kappa shape index (κ1) is 15.0. The highest BCUT2D eigenvalue weighted by Gasteiger charge is 2.07. The van der Waals surface area contributed by atoms with Gasteiger partial charge in [-0.3, -0.25) is 0 Å². The Morgan fingerprint density at radius 1 is 1.40 bits per heavy atom. The lowest BCUT2D eigenvalue weighted by atomic mass is 10.3. The molecule has 1 aromatic heterocycles. The molecule has 0 atom stereocenters. The predicted molar refractivity (Wildman–Crippen MR) is 83.2 cm³/mol. The van der Waals surface area contributed by atoms with Crippen LogP contribution < -0.4 is 10.6 Å². The molecule has 0 aliphatic carbocycles. The highest BCUT2D eigenvalue weighted by Crippen LogP contribution is 2.26. The zero-order valence-corrected chi connectivity index (χ0v) is 13.1. The van der Waals surface area contributed by atoms with E-state index in [0.717, 1.165) is 13.0 Å². The Labute approximate surface area is 129 Å². The average Bonchev–Trinajstić information content (AvgIpc) is 2.44. The zero-order chi connectivity index (χ0) is 14.5. The van der Waals surface area contributed by atoms with Crippen molar-refractivity contribution in [3.63, 3.8) is 0 Å². The summed E-state index contributed by atoms with van der Waals surface area (Å²) in [4.78, 5) is 8.49. The van der Waals surface area contributed by atoms with Crippen molar-refractivity contribution in [2.24, 2.45) is 0 Å². The standard InChI is InChI=1S/C13H13BrClFN4/c1-2-5-17-13-18-7-9(14)12(20-13)19-8-3-4-11(16)10(15)6-8/h3-4,6-7H,2,5H2,1H3,(H2,17,18,19,20). The van der Waals surface area contributed by atoms with E-state index in [1.807, 2.05) is 0 Å². The lowest BCUT2D eigenvalue weighted by molar-refractivity contribution is 0.628. The number of halogens is 3. The van der Waals surface area contributed by atoms with Crippen LogP contribution in [0.4, 0.5) is 21.8 Å². The fraction of sp³-hybridized carbons (Fsp3) is 0.231. The summed E-state index contributed by atoms with van der Waals surface area (Å²) in [7, 11) is 0. The van der Waals surface area contributed by atoms with Gasteiger partial charge in [-0.1, -0.05) is 18.5 Å². The predicted octanol–water partition coefficient (Wildman–Crippen LogP) is 4.60. The van der Waals surface area contributed by atoms with Crippen LogP contribution in [0.15, 0.2) is 28.9 Å². The minimum atomic E-state index is -0.454. The molecule has 0 radical (unpaired) electrons. The molecule has 20 heavy (non-hydrogen) atoms. The SMILES string of the molecule is CCCNc1ncc(Br)c(Nc2ccc(F)c(Cl)c2)n1. The first-order valence-corrected chi connectivity index (χ1v) is 7.25. The van der Waals surface area contributed by atoms with Crippen LogP contribution in [-0.2, 0) is 0 Å². The van der Waals surface area contributed by atoms with Gasteiger partial charge in [-0.2, -0.15) is 4.98 Å². The zero-order valence-electron chi connectivity index (χ0n) is 10.8. The number of benzene rings is 1. The molecular weight excluding hydrogens is 347 g/mol. The van der Waals surface area contributed by atoms with Crippen LogP contribution in [0.1, 0.15) is 13.3 Å². The molecule has 0 amide bonds. The van der Waals surface area contributed by atoms with Gasteiger partial charge < -0.3 is 10.6 Å². The molecule has 0 unspecified atom stereocenters. The number of hydrogen-bond acceptors (Lipinski definition) is 4. The maximum Gasteiger partial charge on any atom is 0.224 e. The van der Waals surface area contributed by atoms with Crippen molar-refractivity contribution in [2.75, 3.05) is 17.2 Å². The molecule has 0 aliphatic rings. The van der Waals surface area contributed by atoms with Gasteiger partial charge in [0.15, 0.2) is 0 Å². The minimum absolute atomic E-state index is 0.0597. The second kappa shape index (κ2) is 6.85. The Balaban J connectivity index is 2.20. The van der Waals surface area contributed by atoms with Gasteiger partial charge in [0.1, 0.15) is 11.6 Å². The third kappa shape index (κ3) is 3.80. The summed E-state index contributed by atoms with van der Waals surface area (Å²) < 4.78 is 13.8. The summed E-state index contributed by atoms with van der Waals surface area (Å²) in [5.74, 6) is 0.663. The van der Waals surface area contributed by atoms with Gasteiger partial charge in [0.2, 0.25) is 5.95 Å². The molecule has 0 bridgehead atoms. The van der Waals surface area contributed by atoms with Crippen LogP contribution >= 0.6 is 27.5 Å². The van der Waals surface area contributed by atoms with Gasteiger partial charge in [0.25, 0.3) is 0 Å². The van der Waals surface area contributed by atoms with E-state index in [-0.39, 0.29) is 5.02 Å². The number of rotatable bonds is 5. The first-order chi connectivity index (χ1) is 9.60. The molecule has 0 saturated carbocycles. The molecule has 2 aromatic rings. The second-order valence-electron chi connectivity index (χ2n) is 4.07. The largest absolute Gasteiger partial charge is 0.354 e. The molecule has 0 fully saturated rings. The van der Waals surface area contributed by atoms with Gasteiger partial charge in [0.05, 0.1) is 9.50 Å². The maximum absolute atomic E-state index is 13.1. The molecule has 106 valence electrons. The molecule has 1 heterocycles. The monoisotopic (exact) mass is 358 g/mol. The van der Waals surface area contributed by atoms with E-state index >= 15 is 0 Å². The van der Waals surface area contributed by atoms with Crippen LogP contribution in [0.2, 0.25) is 5.02 Å². The van der Waals surface area contributed by atoms with Gasteiger partial charge in [-0.25, -0.2) is 9.37 Å². The number of aromatic nitrogens is 2. The van der Waals surface area contributed by atoms with Gasteiger partial charge in [-0.15, -0.1) is 0 Å². The maximum atomic E-state index is 13.1. The van der Waals surface area contributed by atoms with Crippen LogP contribution in [0.25, 0.3) is 0 Å². The first-order valence-electron chi connectivity index (χ1n) is 6.08. The molecule has 2 N–H and O–H groups in total. The molecule has 2 rings (SSSR count). The van der Waals surface area contributed by atoms with Crippen molar-refractivity contribution in [3.8, 4) is 0 Å². The summed E-state index contributed by atoms with van der Waals surface area (Å²) in [5.41, 5.74) is 0.650. The Morgan fingerprint density at radius 2 is 2.20 bits per heavy atom. The number of anilines is 3. The molecule has 0 aliphatic heterocycles. The lowest BCUT2D eigenvalue weighted by Gasteiger charge is -2.10.